The molecule has 0 saturated carbocycles. The van der Waals surface area contributed by atoms with E-state index in [1.165, 1.54) is 64.2 Å². The van der Waals surface area contributed by atoms with Gasteiger partial charge < -0.3 is 32.7 Å². The zero-order valence-electron chi connectivity index (χ0n) is 30.1. The SMILES string of the molecule is CCCCCCCCCCCCCCCC(=O)N[C@@H](CCCCN)C(=O)N[C@H](C(=O)N[C@@H](CCCCN)C(=O)NCCC)C(C)C. The van der Waals surface area contributed by atoms with Crippen molar-refractivity contribution in [2.75, 3.05) is 19.6 Å². The van der Waals surface area contributed by atoms with Gasteiger partial charge in [0.1, 0.15) is 18.1 Å². The molecule has 8 N–H and O–H groups in total. The summed E-state index contributed by atoms with van der Waals surface area (Å²) in [4.78, 5) is 52.4. The van der Waals surface area contributed by atoms with E-state index in [0.717, 1.165) is 38.5 Å². The number of rotatable bonds is 31. The molecule has 0 rings (SSSR count). The number of hydrogen-bond donors (Lipinski definition) is 6. The molecule has 0 aliphatic carbocycles. The molecule has 4 amide bonds. The van der Waals surface area contributed by atoms with Crippen LogP contribution in [-0.4, -0.2) is 61.4 Å². The minimum absolute atomic E-state index is 0.144. The number of carbonyl (C=O) groups is 4. The van der Waals surface area contributed by atoms with Crippen LogP contribution in [0.5, 0.6) is 0 Å². The molecular weight excluding hydrogens is 580 g/mol. The van der Waals surface area contributed by atoms with Crippen LogP contribution in [0, 0.1) is 5.92 Å². The molecule has 0 aromatic carbocycles. The molecule has 0 spiro atoms. The van der Waals surface area contributed by atoms with Gasteiger partial charge in [0.25, 0.3) is 0 Å². The number of unbranched alkanes of at least 4 members (excludes halogenated alkanes) is 14. The first-order valence-electron chi connectivity index (χ1n) is 18.8. The van der Waals surface area contributed by atoms with Crippen molar-refractivity contribution in [2.24, 2.45) is 17.4 Å². The van der Waals surface area contributed by atoms with Crippen LogP contribution >= 0.6 is 0 Å². The van der Waals surface area contributed by atoms with E-state index < -0.39 is 24.0 Å². The molecule has 0 radical (unpaired) electrons. The van der Waals surface area contributed by atoms with Crippen LogP contribution in [0.15, 0.2) is 0 Å². The molecule has 0 saturated heterocycles. The van der Waals surface area contributed by atoms with E-state index in [2.05, 4.69) is 28.2 Å². The van der Waals surface area contributed by atoms with E-state index in [4.69, 9.17) is 11.5 Å². The third-order valence-corrected chi connectivity index (χ3v) is 8.48. The fourth-order valence-electron chi connectivity index (χ4n) is 5.51. The molecule has 0 aromatic rings. The lowest BCUT2D eigenvalue weighted by Gasteiger charge is -2.27. The topological polar surface area (TPSA) is 168 Å². The second-order valence-corrected chi connectivity index (χ2v) is 13.3. The summed E-state index contributed by atoms with van der Waals surface area (Å²) in [5.74, 6) is -1.40. The molecule has 270 valence electrons. The fraction of sp³-hybridized carbons (Fsp3) is 0.889. The summed E-state index contributed by atoms with van der Waals surface area (Å²) in [5.41, 5.74) is 11.3. The number of nitrogens with two attached hydrogens (primary N) is 2. The van der Waals surface area contributed by atoms with Crippen LogP contribution in [0.1, 0.15) is 163 Å². The van der Waals surface area contributed by atoms with Gasteiger partial charge in [-0.15, -0.1) is 0 Å². The average molecular weight is 653 g/mol. The highest BCUT2D eigenvalue weighted by molar-refractivity contribution is 5.94. The Bertz CT molecular complexity index is 794. The zero-order chi connectivity index (χ0) is 34.4. The maximum atomic E-state index is 13.4. The summed E-state index contributed by atoms with van der Waals surface area (Å²) in [5, 5.41) is 11.5. The van der Waals surface area contributed by atoms with Crippen LogP contribution in [0.4, 0.5) is 0 Å². The van der Waals surface area contributed by atoms with Gasteiger partial charge in [-0.05, 0) is 70.4 Å². The van der Waals surface area contributed by atoms with E-state index in [1.807, 2.05) is 20.8 Å². The van der Waals surface area contributed by atoms with Crippen molar-refractivity contribution in [1.29, 1.82) is 0 Å². The smallest absolute Gasteiger partial charge is 0.243 e. The van der Waals surface area contributed by atoms with Crippen molar-refractivity contribution in [1.82, 2.24) is 21.3 Å². The average Bonchev–Trinajstić information content (AvgIpc) is 3.03. The van der Waals surface area contributed by atoms with Crippen LogP contribution in [0.2, 0.25) is 0 Å². The fourth-order valence-corrected chi connectivity index (χ4v) is 5.51. The van der Waals surface area contributed by atoms with Gasteiger partial charge in [0, 0.05) is 13.0 Å². The number of nitrogens with one attached hydrogen (secondary N) is 4. The Hall–Kier alpha value is -2.20. The van der Waals surface area contributed by atoms with Gasteiger partial charge in [0.05, 0.1) is 0 Å². The Morgan fingerprint density at radius 2 is 1.00 bits per heavy atom. The van der Waals surface area contributed by atoms with Crippen molar-refractivity contribution in [3.8, 4) is 0 Å². The quantitative estimate of drug-likeness (QED) is 0.0551. The lowest BCUT2D eigenvalue weighted by atomic mass is 10.0. The summed E-state index contributed by atoms with van der Waals surface area (Å²) in [6.07, 6.45) is 21.1. The molecule has 0 fully saturated rings. The lowest BCUT2D eigenvalue weighted by Crippen LogP contribution is -2.58. The third kappa shape index (κ3) is 23.2. The molecule has 0 aliphatic rings. The van der Waals surface area contributed by atoms with Gasteiger partial charge in [-0.25, -0.2) is 0 Å². The Balaban J connectivity index is 4.87. The minimum Gasteiger partial charge on any atom is -0.354 e. The molecule has 0 bridgehead atoms. The first-order chi connectivity index (χ1) is 22.2. The molecule has 3 atom stereocenters. The van der Waals surface area contributed by atoms with Gasteiger partial charge in [-0.3, -0.25) is 19.2 Å². The number of hydrogen-bond acceptors (Lipinski definition) is 6. The highest BCUT2D eigenvalue weighted by atomic mass is 16.2. The number of amides is 4. The molecule has 0 unspecified atom stereocenters. The normalized spacial score (nSPS) is 13.2. The largest absolute Gasteiger partial charge is 0.354 e. The molecule has 10 nitrogen and oxygen atoms in total. The van der Waals surface area contributed by atoms with Gasteiger partial charge >= 0.3 is 0 Å². The first-order valence-corrected chi connectivity index (χ1v) is 18.8. The van der Waals surface area contributed by atoms with E-state index >= 15 is 0 Å². The predicted octanol–water partition coefficient (Wildman–Crippen LogP) is 5.36. The molecule has 46 heavy (non-hydrogen) atoms. The second kappa shape index (κ2) is 30.2. The predicted molar refractivity (Wildman–Crippen MR) is 190 cm³/mol. The molecule has 0 heterocycles. The molecule has 0 aliphatic heterocycles. The van der Waals surface area contributed by atoms with E-state index in [-0.39, 0.29) is 23.6 Å². The minimum atomic E-state index is -0.849. The Labute approximate surface area is 281 Å². The maximum absolute atomic E-state index is 13.4. The summed E-state index contributed by atoms with van der Waals surface area (Å²) in [6, 6.07) is -2.30. The van der Waals surface area contributed by atoms with E-state index in [0.29, 0.717) is 51.7 Å². The van der Waals surface area contributed by atoms with Crippen molar-refractivity contribution < 1.29 is 19.2 Å². The van der Waals surface area contributed by atoms with E-state index in [9.17, 15) is 19.2 Å². The Morgan fingerprint density at radius 1 is 0.522 bits per heavy atom. The second-order valence-electron chi connectivity index (χ2n) is 13.3. The molecular formula is C36H72N6O4. The highest BCUT2D eigenvalue weighted by Gasteiger charge is 2.31. The van der Waals surface area contributed by atoms with Gasteiger partial charge in [-0.2, -0.15) is 0 Å². The third-order valence-electron chi connectivity index (χ3n) is 8.48. The molecule has 0 aromatic heterocycles. The van der Waals surface area contributed by atoms with Crippen LogP contribution in [0.3, 0.4) is 0 Å². The Kier molecular flexibility index (Phi) is 28.7. The maximum Gasteiger partial charge on any atom is 0.243 e. The van der Waals surface area contributed by atoms with E-state index in [1.54, 1.807) is 0 Å². The van der Waals surface area contributed by atoms with Crippen LogP contribution in [0.25, 0.3) is 0 Å². The Morgan fingerprint density at radius 3 is 1.46 bits per heavy atom. The molecule has 10 heteroatoms. The summed E-state index contributed by atoms with van der Waals surface area (Å²) in [6.45, 7) is 9.46. The van der Waals surface area contributed by atoms with Crippen LogP contribution in [-0.2, 0) is 19.2 Å². The van der Waals surface area contributed by atoms with Gasteiger partial charge in [-0.1, -0.05) is 105 Å². The van der Waals surface area contributed by atoms with Crippen LogP contribution < -0.4 is 32.7 Å². The standard InChI is InChI=1S/C36H72N6O4/c1-5-7-8-9-10-11-12-13-14-15-16-17-18-25-32(43)40-31(24-20-22-27-38)35(45)42-33(29(3)4)36(46)41-30(23-19-21-26-37)34(44)39-28-6-2/h29-31,33H,5-28,37-38H2,1-4H3,(H,39,44)(H,40,43)(H,41,46)(H,42,45)/t30-,31-,33-/m0/s1. The highest BCUT2D eigenvalue weighted by Crippen LogP contribution is 2.13. The summed E-state index contributed by atoms with van der Waals surface area (Å²) in [7, 11) is 0. The van der Waals surface area contributed by atoms with Gasteiger partial charge in [0.15, 0.2) is 0 Å². The number of carbonyl (C=O) groups excluding carboxylic acids is 4. The van der Waals surface area contributed by atoms with Crippen molar-refractivity contribution >= 4 is 23.6 Å². The first kappa shape index (κ1) is 43.8. The summed E-state index contributed by atoms with van der Waals surface area (Å²) < 4.78 is 0. The summed E-state index contributed by atoms with van der Waals surface area (Å²) >= 11 is 0. The zero-order valence-corrected chi connectivity index (χ0v) is 30.1. The van der Waals surface area contributed by atoms with Gasteiger partial charge in [0.2, 0.25) is 23.6 Å². The lowest BCUT2D eigenvalue weighted by molar-refractivity contribution is -0.134. The van der Waals surface area contributed by atoms with Crippen molar-refractivity contribution in [3.63, 3.8) is 0 Å². The monoisotopic (exact) mass is 653 g/mol. The van der Waals surface area contributed by atoms with Crippen molar-refractivity contribution in [2.45, 2.75) is 181 Å². The van der Waals surface area contributed by atoms with Crippen molar-refractivity contribution in [3.05, 3.63) is 0 Å².